The summed E-state index contributed by atoms with van der Waals surface area (Å²) in [5.41, 5.74) is 0.617. The fraction of sp³-hybridized carbons (Fsp3) is 0.588. The van der Waals surface area contributed by atoms with E-state index in [4.69, 9.17) is 15.1 Å². The lowest BCUT2D eigenvalue weighted by Gasteiger charge is -2.29. The van der Waals surface area contributed by atoms with Crippen LogP contribution in [0.25, 0.3) is 0 Å². The van der Waals surface area contributed by atoms with Crippen LogP contribution in [0, 0.1) is 11.3 Å². The number of aliphatic hydroxyl groups excluding tert-OH is 1. The molecule has 0 saturated carbocycles. The van der Waals surface area contributed by atoms with Crippen LogP contribution in [-0.4, -0.2) is 42.4 Å². The Kier molecular flexibility index (Phi) is 8.49. The highest BCUT2D eigenvalue weighted by molar-refractivity contribution is 5.36. The third kappa shape index (κ3) is 6.16. The molecule has 21 heavy (non-hydrogen) atoms. The number of ether oxygens (including phenoxy) is 1. The molecule has 0 aliphatic carbocycles. The smallest absolute Gasteiger partial charge is 0.120 e. The maximum Gasteiger partial charge on any atom is 0.120 e. The highest BCUT2D eigenvalue weighted by atomic mass is 16.5. The maximum atomic E-state index is 9.17. The number of hydrogen-bond donors (Lipinski definition) is 1. The third-order valence-electron chi connectivity index (χ3n) is 3.67. The lowest BCUT2D eigenvalue weighted by molar-refractivity contribution is 0.134. The first-order valence-electron chi connectivity index (χ1n) is 7.73. The molecule has 0 aromatic heterocycles. The molecule has 0 spiro atoms. The summed E-state index contributed by atoms with van der Waals surface area (Å²) in [6.45, 7) is 6.82. The first kappa shape index (κ1) is 17.5. The van der Waals surface area contributed by atoms with Crippen molar-refractivity contribution >= 4 is 0 Å². The van der Waals surface area contributed by atoms with E-state index in [9.17, 15) is 0 Å². The van der Waals surface area contributed by atoms with Gasteiger partial charge in [0.05, 0.1) is 24.8 Å². The van der Waals surface area contributed by atoms with E-state index < -0.39 is 0 Å². The minimum Gasteiger partial charge on any atom is -0.494 e. The van der Waals surface area contributed by atoms with E-state index in [0.29, 0.717) is 18.2 Å². The molecule has 0 fully saturated rings. The second-order valence-corrected chi connectivity index (χ2v) is 5.07. The molecule has 1 aromatic rings. The summed E-state index contributed by atoms with van der Waals surface area (Å²) in [7, 11) is 0. The first-order valence-corrected chi connectivity index (χ1v) is 7.73. The van der Waals surface area contributed by atoms with Crippen molar-refractivity contribution < 1.29 is 9.84 Å². The van der Waals surface area contributed by atoms with Gasteiger partial charge in [-0.3, -0.25) is 4.90 Å². The van der Waals surface area contributed by atoms with Crippen molar-refractivity contribution in [3.63, 3.8) is 0 Å². The molecule has 0 saturated heterocycles. The van der Waals surface area contributed by atoms with Gasteiger partial charge in [-0.1, -0.05) is 19.9 Å². The second kappa shape index (κ2) is 10.2. The predicted molar refractivity (Wildman–Crippen MR) is 84.3 cm³/mol. The monoisotopic (exact) mass is 290 g/mol. The summed E-state index contributed by atoms with van der Waals surface area (Å²) in [5, 5.41) is 18.0. The standard InChI is InChI=1S/C17H26N2O2/c1-3-16(4-2)19(10-11-20)9-6-12-21-17-8-5-7-15(13-17)14-18/h5,7-8,13,16,20H,3-4,6,9-12H2,1-2H3. The SMILES string of the molecule is CCC(CC)N(CCO)CCCOc1cccc(C#N)c1. The summed E-state index contributed by atoms with van der Waals surface area (Å²) >= 11 is 0. The molecule has 0 unspecified atom stereocenters. The number of rotatable bonds is 10. The van der Waals surface area contributed by atoms with Crippen molar-refractivity contribution in [3.8, 4) is 11.8 Å². The largest absolute Gasteiger partial charge is 0.494 e. The van der Waals surface area contributed by atoms with Crippen LogP contribution in [0.4, 0.5) is 0 Å². The number of aliphatic hydroxyl groups is 1. The van der Waals surface area contributed by atoms with Gasteiger partial charge >= 0.3 is 0 Å². The van der Waals surface area contributed by atoms with Crippen molar-refractivity contribution in [2.24, 2.45) is 0 Å². The average molecular weight is 290 g/mol. The first-order chi connectivity index (χ1) is 10.2. The van der Waals surface area contributed by atoms with Crippen LogP contribution >= 0.6 is 0 Å². The molecule has 1 N–H and O–H groups in total. The van der Waals surface area contributed by atoms with Crippen LogP contribution in [0.2, 0.25) is 0 Å². The van der Waals surface area contributed by atoms with E-state index >= 15 is 0 Å². The van der Waals surface area contributed by atoms with E-state index in [1.807, 2.05) is 12.1 Å². The van der Waals surface area contributed by atoms with Crippen LogP contribution in [0.3, 0.4) is 0 Å². The number of nitriles is 1. The minimum atomic E-state index is 0.196. The Bertz CT molecular complexity index is 439. The Morgan fingerprint density at radius 1 is 1.29 bits per heavy atom. The Morgan fingerprint density at radius 3 is 2.67 bits per heavy atom. The molecule has 0 bridgehead atoms. The highest BCUT2D eigenvalue weighted by Crippen LogP contribution is 2.13. The van der Waals surface area contributed by atoms with Gasteiger partial charge in [0, 0.05) is 19.1 Å². The van der Waals surface area contributed by atoms with Crippen LogP contribution in [-0.2, 0) is 0 Å². The summed E-state index contributed by atoms with van der Waals surface area (Å²) in [6, 6.07) is 9.85. The van der Waals surface area contributed by atoms with Gasteiger partial charge < -0.3 is 9.84 Å². The van der Waals surface area contributed by atoms with Crippen LogP contribution in [0.1, 0.15) is 38.7 Å². The molecule has 0 atom stereocenters. The van der Waals surface area contributed by atoms with Gasteiger partial charge in [-0.15, -0.1) is 0 Å². The highest BCUT2D eigenvalue weighted by Gasteiger charge is 2.13. The molecule has 4 nitrogen and oxygen atoms in total. The predicted octanol–water partition coefficient (Wildman–Crippen LogP) is 2.81. The zero-order chi connectivity index (χ0) is 15.5. The summed E-state index contributed by atoms with van der Waals surface area (Å²) < 4.78 is 5.68. The van der Waals surface area contributed by atoms with Gasteiger partial charge in [0.15, 0.2) is 0 Å². The molecule has 0 aliphatic rings. The van der Waals surface area contributed by atoms with Gasteiger partial charge in [-0.05, 0) is 37.5 Å². The molecule has 0 amide bonds. The van der Waals surface area contributed by atoms with E-state index in [2.05, 4.69) is 24.8 Å². The van der Waals surface area contributed by atoms with Gasteiger partial charge in [-0.25, -0.2) is 0 Å². The zero-order valence-corrected chi connectivity index (χ0v) is 13.1. The quantitative estimate of drug-likeness (QED) is 0.673. The second-order valence-electron chi connectivity index (χ2n) is 5.07. The topological polar surface area (TPSA) is 56.5 Å². The Morgan fingerprint density at radius 2 is 2.05 bits per heavy atom. The van der Waals surface area contributed by atoms with Gasteiger partial charge in [0.25, 0.3) is 0 Å². The van der Waals surface area contributed by atoms with Gasteiger partial charge in [-0.2, -0.15) is 5.26 Å². The van der Waals surface area contributed by atoms with Crippen molar-refractivity contribution in [3.05, 3.63) is 29.8 Å². The van der Waals surface area contributed by atoms with E-state index in [0.717, 1.165) is 38.1 Å². The lowest BCUT2D eigenvalue weighted by Crippen LogP contribution is -2.37. The zero-order valence-electron chi connectivity index (χ0n) is 13.1. The van der Waals surface area contributed by atoms with E-state index in [1.54, 1.807) is 12.1 Å². The molecule has 1 aromatic carbocycles. The van der Waals surface area contributed by atoms with Gasteiger partial charge in [0.1, 0.15) is 5.75 Å². The van der Waals surface area contributed by atoms with E-state index in [-0.39, 0.29) is 6.61 Å². The molecular weight excluding hydrogens is 264 g/mol. The Hall–Kier alpha value is -1.57. The lowest BCUT2D eigenvalue weighted by atomic mass is 10.1. The molecule has 0 radical (unpaired) electrons. The third-order valence-corrected chi connectivity index (χ3v) is 3.67. The molecule has 0 aliphatic heterocycles. The number of hydrogen-bond acceptors (Lipinski definition) is 4. The number of benzene rings is 1. The molecule has 0 heterocycles. The fourth-order valence-electron chi connectivity index (χ4n) is 2.52. The van der Waals surface area contributed by atoms with Crippen LogP contribution in [0.5, 0.6) is 5.75 Å². The van der Waals surface area contributed by atoms with Crippen LogP contribution < -0.4 is 4.74 Å². The van der Waals surface area contributed by atoms with Crippen molar-refractivity contribution in [1.82, 2.24) is 4.90 Å². The molecule has 116 valence electrons. The van der Waals surface area contributed by atoms with Gasteiger partial charge in [0.2, 0.25) is 0 Å². The Balaban J connectivity index is 2.38. The maximum absolute atomic E-state index is 9.17. The number of nitrogens with zero attached hydrogens (tertiary/aromatic N) is 2. The minimum absolute atomic E-state index is 0.196. The van der Waals surface area contributed by atoms with Crippen molar-refractivity contribution in [2.75, 3.05) is 26.3 Å². The molecule has 1 rings (SSSR count). The summed E-state index contributed by atoms with van der Waals surface area (Å²) in [5.74, 6) is 0.741. The van der Waals surface area contributed by atoms with E-state index in [1.165, 1.54) is 0 Å². The summed E-state index contributed by atoms with van der Waals surface area (Å²) in [6.07, 6.45) is 3.11. The van der Waals surface area contributed by atoms with Crippen molar-refractivity contribution in [2.45, 2.75) is 39.2 Å². The van der Waals surface area contributed by atoms with Crippen molar-refractivity contribution in [1.29, 1.82) is 5.26 Å². The molecule has 4 heteroatoms. The normalized spacial score (nSPS) is 10.9. The average Bonchev–Trinajstić information content (AvgIpc) is 2.52. The fourth-order valence-corrected chi connectivity index (χ4v) is 2.52. The molecular formula is C17H26N2O2. The Labute approximate surface area is 128 Å². The summed E-state index contributed by atoms with van der Waals surface area (Å²) in [4.78, 5) is 2.33. The van der Waals surface area contributed by atoms with Crippen LogP contribution in [0.15, 0.2) is 24.3 Å².